The van der Waals surface area contributed by atoms with Gasteiger partial charge in [-0.05, 0) is 12.1 Å². The molecule has 0 aliphatic rings. The molecule has 1 rings (SSSR count). The normalized spacial score (nSPS) is 11.6. The Balaban J connectivity index is 2.66. The van der Waals surface area contributed by atoms with Gasteiger partial charge in [0.1, 0.15) is 24.5 Å². The third-order valence-corrected chi connectivity index (χ3v) is 2.17. The number of benzene rings is 1. The largest absolute Gasteiger partial charge is 0.491 e. The molecule has 0 bridgehead atoms. The first-order chi connectivity index (χ1) is 7.54. The predicted molar refractivity (Wildman–Crippen MR) is 58.8 cm³/mol. The van der Waals surface area contributed by atoms with Gasteiger partial charge in [0.2, 0.25) is 5.91 Å². The number of halogens is 1. The van der Waals surface area contributed by atoms with Crippen LogP contribution >= 0.6 is 11.6 Å². The molecule has 1 unspecified atom stereocenters. The van der Waals surface area contributed by atoms with E-state index in [4.69, 9.17) is 33.1 Å². The topological polar surface area (TPSA) is 102 Å². The van der Waals surface area contributed by atoms with E-state index in [1.807, 2.05) is 6.07 Å². The molecule has 4 N–H and O–H groups in total. The fourth-order valence-corrected chi connectivity index (χ4v) is 1.16. The fraction of sp³-hybridized carbons (Fsp3) is 0.200. The van der Waals surface area contributed by atoms with Crippen LogP contribution in [0.15, 0.2) is 18.2 Å². The van der Waals surface area contributed by atoms with E-state index in [0.29, 0.717) is 11.3 Å². The summed E-state index contributed by atoms with van der Waals surface area (Å²) in [5.74, 6) is -0.208. The van der Waals surface area contributed by atoms with Gasteiger partial charge in [-0.1, -0.05) is 11.6 Å². The van der Waals surface area contributed by atoms with Crippen molar-refractivity contribution in [2.24, 2.45) is 11.5 Å². The van der Waals surface area contributed by atoms with Gasteiger partial charge in [0.25, 0.3) is 0 Å². The standard InChI is InChI=1S/C10H10ClN3O2/c11-8-3-7(2-1-6(8)4-12)16-5-9(13)10(14)15/h1-3,9H,5,13H2,(H2,14,15). The van der Waals surface area contributed by atoms with Crippen LogP contribution in [0, 0.1) is 11.3 Å². The van der Waals surface area contributed by atoms with Crippen LogP contribution in [0.1, 0.15) is 5.56 Å². The molecule has 0 aromatic heterocycles. The molecular weight excluding hydrogens is 230 g/mol. The second-order valence-electron chi connectivity index (χ2n) is 3.07. The lowest BCUT2D eigenvalue weighted by molar-refractivity contribution is -0.119. The van der Waals surface area contributed by atoms with Crippen LogP contribution in [-0.4, -0.2) is 18.6 Å². The molecule has 84 valence electrons. The molecule has 0 aliphatic carbocycles. The zero-order valence-corrected chi connectivity index (χ0v) is 9.07. The number of nitrogens with two attached hydrogens (primary N) is 2. The van der Waals surface area contributed by atoms with Crippen LogP contribution < -0.4 is 16.2 Å². The Bertz CT molecular complexity index is 442. The second kappa shape index (κ2) is 5.35. The smallest absolute Gasteiger partial charge is 0.237 e. The zero-order chi connectivity index (χ0) is 12.1. The van der Waals surface area contributed by atoms with Crippen LogP contribution in [0.3, 0.4) is 0 Å². The van der Waals surface area contributed by atoms with Gasteiger partial charge >= 0.3 is 0 Å². The Morgan fingerprint density at radius 1 is 1.62 bits per heavy atom. The summed E-state index contributed by atoms with van der Waals surface area (Å²) in [5.41, 5.74) is 10.7. The van der Waals surface area contributed by atoms with E-state index >= 15 is 0 Å². The van der Waals surface area contributed by atoms with E-state index in [1.54, 1.807) is 6.07 Å². The van der Waals surface area contributed by atoms with Gasteiger partial charge in [0.05, 0.1) is 10.6 Å². The minimum absolute atomic E-state index is 0.0302. The van der Waals surface area contributed by atoms with Crippen LogP contribution in [0.4, 0.5) is 0 Å². The van der Waals surface area contributed by atoms with E-state index in [2.05, 4.69) is 0 Å². The monoisotopic (exact) mass is 239 g/mol. The van der Waals surface area contributed by atoms with Gasteiger partial charge in [-0.2, -0.15) is 5.26 Å². The lowest BCUT2D eigenvalue weighted by atomic mass is 10.2. The maximum Gasteiger partial charge on any atom is 0.237 e. The highest BCUT2D eigenvalue weighted by Gasteiger charge is 2.10. The summed E-state index contributed by atoms with van der Waals surface area (Å²) in [6, 6.07) is 5.62. The number of amides is 1. The minimum atomic E-state index is -0.866. The number of nitrogens with zero attached hydrogens (tertiary/aromatic N) is 1. The maximum absolute atomic E-state index is 10.6. The molecule has 1 atom stereocenters. The summed E-state index contributed by atoms with van der Waals surface area (Å²) in [7, 11) is 0. The molecule has 0 heterocycles. The maximum atomic E-state index is 10.6. The summed E-state index contributed by atoms with van der Waals surface area (Å²) >= 11 is 5.78. The van der Waals surface area contributed by atoms with Crippen LogP contribution in [-0.2, 0) is 4.79 Å². The fourth-order valence-electron chi connectivity index (χ4n) is 0.944. The summed E-state index contributed by atoms with van der Waals surface area (Å²) in [6.45, 7) is -0.0302. The van der Waals surface area contributed by atoms with Gasteiger partial charge in [-0.3, -0.25) is 4.79 Å². The zero-order valence-electron chi connectivity index (χ0n) is 8.31. The number of ether oxygens (including phenoxy) is 1. The van der Waals surface area contributed by atoms with Gasteiger partial charge in [0.15, 0.2) is 0 Å². The minimum Gasteiger partial charge on any atom is -0.491 e. The van der Waals surface area contributed by atoms with Crippen molar-refractivity contribution in [2.45, 2.75) is 6.04 Å². The van der Waals surface area contributed by atoms with Crippen molar-refractivity contribution >= 4 is 17.5 Å². The molecule has 0 aliphatic heterocycles. The van der Waals surface area contributed by atoms with Crippen molar-refractivity contribution in [2.75, 3.05) is 6.61 Å². The molecule has 0 radical (unpaired) electrons. The molecule has 0 saturated carbocycles. The molecular formula is C10H10ClN3O2. The highest BCUT2D eigenvalue weighted by Crippen LogP contribution is 2.21. The second-order valence-corrected chi connectivity index (χ2v) is 3.48. The Morgan fingerprint density at radius 3 is 2.81 bits per heavy atom. The van der Waals surface area contributed by atoms with E-state index < -0.39 is 11.9 Å². The average Bonchev–Trinajstić information content (AvgIpc) is 2.25. The number of nitriles is 1. The van der Waals surface area contributed by atoms with Crippen LogP contribution in [0.5, 0.6) is 5.75 Å². The lowest BCUT2D eigenvalue weighted by Crippen LogP contribution is -2.41. The Morgan fingerprint density at radius 2 is 2.31 bits per heavy atom. The molecule has 0 saturated heterocycles. The van der Waals surface area contributed by atoms with Crippen molar-refractivity contribution in [3.8, 4) is 11.8 Å². The van der Waals surface area contributed by atoms with E-state index in [0.717, 1.165) is 0 Å². The Kier molecular flexibility index (Phi) is 4.11. The van der Waals surface area contributed by atoms with Gasteiger partial charge < -0.3 is 16.2 Å². The summed E-state index contributed by atoms with van der Waals surface area (Å²) in [5, 5.41) is 8.93. The van der Waals surface area contributed by atoms with E-state index in [-0.39, 0.29) is 11.6 Å². The van der Waals surface area contributed by atoms with Crippen LogP contribution in [0.2, 0.25) is 5.02 Å². The molecule has 1 amide bonds. The quantitative estimate of drug-likeness (QED) is 0.794. The number of carbonyl (C=O) groups is 1. The third kappa shape index (κ3) is 3.12. The SMILES string of the molecule is N#Cc1ccc(OCC(N)C(N)=O)cc1Cl. The number of primary amides is 1. The summed E-state index contributed by atoms with van der Waals surface area (Å²) in [6.07, 6.45) is 0. The molecule has 0 fully saturated rings. The van der Waals surface area contributed by atoms with Crippen molar-refractivity contribution in [1.29, 1.82) is 5.26 Å². The van der Waals surface area contributed by atoms with Crippen molar-refractivity contribution in [3.05, 3.63) is 28.8 Å². The highest BCUT2D eigenvalue weighted by atomic mass is 35.5. The summed E-state index contributed by atoms with van der Waals surface area (Å²) < 4.78 is 5.19. The van der Waals surface area contributed by atoms with Crippen molar-refractivity contribution < 1.29 is 9.53 Å². The molecule has 6 heteroatoms. The van der Waals surface area contributed by atoms with E-state index in [1.165, 1.54) is 12.1 Å². The first-order valence-electron chi connectivity index (χ1n) is 4.42. The van der Waals surface area contributed by atoms with Gasteiger partial charge in [-0.15, -0.1) is 0 Å². The number of hydrogen-bond donors (Lipinski definition) is 2. The van der Waals surface area contributed by atoms with Crippen molar-refractivity contribution in [3.63, 3.8) is 0 Å². The molecule has 5 nitrogen and oxygen atoms in total. The van der Waals surface area contributed by atoms with Gasteiger partial charge in [0, 0.05) is 6.07 Å². The number of rotatable bonds is 4. The first-order valence-corrected chi connectivity index (χ1v) is 4.79. The molecule has 0 spiro atoms. The molecule has 1 aromatic carbocycles. The molecule has 1 aromatic rings. The van der Waals surface area contributed by atoms with E-state index in [9.17, 15) is 4.79 Å². The third-order valence-electron chi connectivity index (χ3n) is 1.86. The van der Waals surface area contributed by atoms with Crippen molar-refractivity contribution in [1.82, 2.24) is 0 Å². The van der Waals surface area contributed by atoms with Crippen LogP contribution in [0.25, 0.3) is 0 Å². The number of hydrogen-bond acceptors (Lipinski definition) is 4. The summed E-state index contributed by atoms with van der Waals surface area (Å²) in [4.78, 5) is 10.6. The predicted octanol–water partition coefficient (Wildman–Crippen LogP) is 0.403. The first kappa shape index (κ1) is 12.3. The Labute approximate surface area is 97.5 Å². The average molecular weight is 240 g/mol. The molecule has 16 heavy (non-hydrogen) atoms. The number of carbonyl (C=O) groups excluding carboxylic acids is 1. The van der Waals surface area contributed by atoms with Gasteiger partial charge in [-0.25, -0.2) is 0 Å². The highest BCUT2D eigenvalue weighted by molar-refractivity contribution is 6.31. The Hall–Kier alpha value is -1.77. The lowest BCUT2D eigenvalue weighted by Gasteiger charge is -2.10.